The summed E-state index contributed by atoms with van der Waals surface area (Å²) in [6, 6.07) is 16.6. The minimum Gasteiger partial charge on any atom is -0.478 e. The SMILES string of the molecule is CCCSC1CCN(c2ccc([N+]3(c4ccc(C(=O)O)cc4)CCNCC3)cc2)CC1. The molecule has 2 saturated heterocycles. The molecule has 2 heterocycles. The molecule has 4 rings (SSSR count). The number of hydrogen-bond acceptors (Lipinski definition) is 4. The average molecular weight is 441 g/mol. The van der Waals surface area contributed by atoms with Gasteiger partial charge in [0.05, 0.1) is 5.56 Å². The summed E-state index contributed by atoms with van der Waals surface area (Å²) in [5.41, 5.74) is 4.10. The van der Waals surface area contributed by atoms with Gasteiger partial charge in [-0.25, -0.2) is 4.79 Å². The maximum Gasteiger partial charge on any atom is 0.335 e. The van der Waals surface area contributed by atoms with Crippen LogP contribution in [0.4, 0.5) is 17.1 Å². The highest BCUT2D eigenvalue weighted by Gasteiger charge is 2.35. The molecule has 0 amide bonds. The molecule has 31 heavy (non-hydrogen) atoms. The molecule has 2 aliphatic heterocycles. The van der Waals surface area contributed by atoms with Crippen molar-refractivity contribution in [2.45, 2.75) is 31.4 Å². The van der Waals surface area contributed by atoms with E-state index < -0.39 is 5.97 Å². The molecule has 2 fully saturated rings. The molecule has 2 N–H and O–H groups in total. The van der Waals surface area contributed by atoms with Gasteiger partial charge in [0.2, 0.25) is 0 Å². The molecule has 0 aliphatic carbocycles. The molecule has 0 saturated carbocycles. The summed E-state index contributed by atoms with van der Waals surface area (Å²) in [6.07, 6.45) is 3.81. The Bertz CT molecular complexity index is 855. The standard InChI is InChI=1S/C25H33N3O2S/c1-2-19-31-24-11-15-27(16-12-24)21-5-9-23(10-6-21)28(17-13-26-14-18-28)22-7-3-20(4-8-22)25(29)30/h3-10,24,26H,2,11-19H2,1H3/p+1. The molecule has 0 unspecified atom stereocenters. The van der Waals surface area contributed by atoms with E-state index in [1.165, 1.54) is 36.4 Å². The van der Waals surface area contributed by atoms with E-state index in [2.05, 4.69) is 53.2 Å². The quantitative estimate of drug-likeness (QED) is 0.609. The zero-order valence-corrected chi connectivity index (χ0v) is 19.2. The minimum absolute atomic E-state index is 0.341. The third-order valence-electron chi connectivity index (χ3n) is 6.66. The molecule has 2 aromatic carbocycles. The van der Waals surface area contributed by atoms with E-state index in [9.17, 15) is 9.90 Å². The lowest BCUT2D eigenvalue weighted by molar-refractivity contribution is 0.0697. The van der Waals surface area contributed by atoms with Crippen LogP contribution in [-0.2, 0) is 0 Å². The van der Waals surface area contributed by atoms with Gasteiger partial charge >= 0.3 is 5.97 Å². The normalized spacial score (nSPS) is 19.3. The number of carbonyl (C=O) groups is 1. The van der Waals surface area contributed by atoms with Gasteiger partial charge in [-0.3, -0.25) is 4.48 Å². The fourth-order valence-electron chi connectivity index (χ4n) is 4.85. The summed E-state index contributed by atoms with van der Waals surface area (Å²) in [5.74, 6) is 0.404. The van der Waals surface area contributed by atoms with Gasteiger partial charge in [0.15, 0.2) is 0 Å². The van der Waals surface area contributed by atoms with Crippen molar-refractivity contribution >= 4 is 34.8 Å². The number of anilines is 1. The Morgan fingerprint density at radius 3 is 2.16 bits per heavy atom. The molecular formula is C25H34N3O2S+. The van der Waals surface area contributed by atoms with Crippen molar-refractivity contribution < 1.29 is 9.90 Å². The van der Waals surface area contributed by atoms with Crippen LogP contribution in [0.15, 0.2) is 48.5 Å². The predicted molar refractivity (Wildman–Crippen MR) is 132 cm³/mol. The number of thioether (sulfide) groups is 1. The first-order chi connectivity index (χ1) is 15.1. The molecular weight excluding hydrogens is 406 g/mol. The van der Waals surface area contributed by atoms with Gasteiger partial charge in [0.25, 0.3) is 0 Å². The van der Waals surface area contributed by atoms with Gasteiger partial charge in [-0.2, -0.15) is 11.8 Å². The zero-order valence-electron chi connectivity index (χ0n) is 18.4. The van der Waals surface area contributed by atoms with E-state index in [1.807, 2.05) is 12.1 Å². The number of aromatic carboxylic acids is 1. The van der Waals surface area contributed by atoms with Crippen LogP contribution < -0.4 is 14.7 Å². The molecule has 6 heteroatoms. The Kier molecular flexibility index (Phi) is 7.20. The van der Waals surface area contributed by atoms with E-state index in [-0.39, 0.29) is 0 Å². The van der Waals surface area contributed by atoms with Crippen LogP contribution in [0.5, 0.6) is 0 Å². The van der Waals surface area contributed by atoms with Crippen molar-refractivity contribution in [2.75, 3.05) is 49.9 Å². The van der Waals surface area contributed by atoms with Gasteiger partial charge in [-0.05, 0) is 49.3 Å². The monoisotopic (exact) mass is 440 g/mol. The first kappa shape index (κ1) is 22.2. The van der Waals surface area contributed by atoms with Gasteiger partial charge in [-0.1, -0.05) is 6.92 Å². The van der Waals surface area contributed by atoms with Crippen molar-refractivity contribution in [1.29, 1.82) is 0 Å². The molecule has 166 valence electrons. The lowest BCUT2D eigenvalue weighted by atomic mass is 10.1. The Hall–Kier alpha value is -2.02. The van der Waals surface area contributed by atoms with Crippen molar-refractivity contribution in [3.05, 3.63) is 54.1 Å². The van der Waals surface area contributed by atoms with Crippen LogP contribution >= 0.6 is 11.8 Å². The number of rotatable bonds is 7. The highest BCUT2D eigenvalue weighted by molar-refractivity contribution is 7.99. The molecule has 0 atom stereocenters. The topological polar surface area (TPSA) is 52.6 Å². The number of piperazine rings is 1. The van der Waals surface area contributed by atoms with Crippen molar-refractivity contribution in [1.82, 2.24) is 9.80 Å². The van der Waals surface area contributed by atoms with Crippen molar-refractivity contribution in [3.63, 3.8) is 0 Å². The molecule has 5 nitrogen and oxygen atoms in total. The first-order valence-electron chi connectivity index (χ1n) is 11.5. The Labute approximate surface area is 190 Å². The van der Waals surface area contributed by atoms with Crippen molar-refractivity contribution in [3.8, 4) is 0 Å². The molecule has 0 bridgehead atoms. The summed E-state index contributed by atoms with van der Waals surface area (Å²) in [4.78, 5) is 13.8. The number of hydrogen-bond donors (Lipinski definition) is 2. The number of carboxylic acid groups (broad SMARTS) is 1. The van der Waals surface area contributed by atoms with Crippen LogP contribution in [0, 0.1) is 0 Å². The number of benzene rings is 2. The highest BCUT2D eigenvalue weighted by Crippen LogP contribution is 2.37. The Balaban J connectivity index is 1.52. The molecule has 2 aliphatic rings. The summed E-state index contributed by atoms with van der Waals surface area (Å²) in [7, 11) is 0. The second-order valence-electron chi connectivity index (χ2n) is 8.59. The van der Waals surface area contributed by atoms with Crippen LogP contribution in [-0.4, -0.2) is 61.3 Å². The summed E-state index contributed by atoms with van der Waals surface area (Å²) in [6.45, 7) is 8.37. The number of piperidine rings is 1. The van der Waals surface area contributed by atoms with Gasteiger partial charge < -0.3 is 15.3 Å². The number of quaternary nitrogens is 1. The molecule has 0 aromatic heterocycles. The van der Waals surface area contributed by atoms with Crippen LogP contribution in [0.1, 0.15) is 36.5 Å². The first-order valence-corrected chi connectivity index (χ1v) is 12.6. The summed E-state index contributed by atoms with van der Waals surface area (Å²) in [5, 5.41) is 13.5. The maximum absolute atomic E-state index is 11.3. The van der Waals surface area contributed by atoms with Crippen molar-refractivity contribution in [2.24, 2.45) is 0 Å². The Morgan fingerprint density at radius 1 is 1.03 bits per heavy atom. The fourth-order valence-corrected chi connectivity index (χ4v) is 5.96. The van der Waals surface area contributed by atoms with Gasteiger partial charge in [0, 0.05) is 61.4 Å². The maximum atomic E-state index is 11.3. The second-order valence-corrected chi connectivity index (χ2v) is 10.00. The van der Waals surface area contributed by atoms with Crippen LogP contribution in [0.25, 0.3) is 0 Å². The molecule has 2 aromatic rings. The highest BCUT2D eigenvalue weighted by atomic mass is 32.2. The van der Waals surface area contributed by atoms with Crippen LogP contribution in [0.3, 0.4) is 0 Å². The number of nitrogens with one attached hydrogen (secondary N) is 1. The van der Waals surface area contributed by atoms with E-state index in [1.54, 1.807) is 12.1 Å². The summed E-state index contributed by atoms with van der Waals surface area (Å²) >= 11 is 2.14. The van der Waals surface area contributed by atoms with E-state index in [4.69, 9.17) is 0 Å². The van der Waals surface area contributed by atoms with E-state index >= 15 is 0 Å². The smallest absolute Gasteiger partial charge is 0.335 e. The number of nitrogens with zero attached hydrogens (tertiary/aromatic N) is 2. The minimum atomic E-state index is -0.875. The lowest BCUT2D eigenvalue weighted by Gasteiger charge is -2.41. The second kappa shape index (κ2) is 10.1. The van der Waals surface area contributed by atoms with Gasteiger partial charge in [0.1, 0.15) is 24.5 Å². The zero-order chi connectivity index (χ0) is 21.7. The largest absolute Gasteiger partial charge is 0.478 e. The fraction of sp³-hybridized carbons (Fsp3) is 0.480. The van der Waals surface area contributed by atoms with Gasteiger partial charge in [-0.15, -0.1) is 0 Å². The van der Waals surface area contributed by atoms with E-state index in [0.717, 1.165) is 54.7 Å². The van der Waals surface area contributed by atoms with E-state index in [0.29, 0.717) is 5.56 Å². The Morgan fingerprint density at radius 2 is 1.61 bits per heavy atom. The van der Waals surface area contributed by atoms with Crippen LogP contribution in [0.2, 0.25) is 0 Å². The average Bonchev–Trinajstić information content (AvgIpc) is 2.84. The molecule has 0 radical (unpaired) electrons. The lowest BCUT2D eigenvalue weighted by Crippen LogP contribution is -2.56. The predicted octanol–water partition coefficient (Wildman–Crippen LogP) is 4.74. The third-order valence-corrected chi connectivity index (χ3v) is 8.24. The molecule has 0 spiro atoms. The third kappa shape index (κ3) is 4.92. The number of carboxylic acids is 1. The summed E-state index contributed by atoms with van der Waals surface area (Å²) < 4.78 is 0.767.